The molecule has 1 fully saturated rings. The molecule has 23 heavy (non-hydrogen) atoms. The van der Waals surface area contributed by atoms with Crippen LogP contribution in [-0.4, -0.2) is 29.8 Å². The number of nitrogens with one attached hydrogen (secondary N) is 1. The van der Waals surface area contributed by atoms with Crippen LogP contribution in [0.1, 0.15) is 26.2 Å². The van der Waals surface area contributed by atoms with E-state index in [4.69, 9.17) is 0 Å². The molecule has 0 radical (unpaired) electrons. The second kappa shape index (κ2) is 7.17. The number of benzene rings is 1. The van der Waals surface area contributed by atoms with Crippen molar-refractivity contribution in [3.05, 3.63) is 34.1 Å². The molecule has 1 aliphatic heterocycles. The van der Waals surface area contributed by atoms with Crippen LogP contribution < -0.4 is 10.2 Å². The summed E-state index contributed by atoms with van der Waals surface area (Å²) in [4.78, 5) is 35.3. The largest absolute Gasteiger partial charge is 0.356 e. The third kappa shape index (κ3) is 3.82. The van der Waals surface area contributed by atoms with Gasteiger partial charge in [-0.05, 0) is 18.6 Å². The molecule has 0 saturated carbocycles. The van der Waals surface area contributed by atoms with E-state index in [1.54, 1.807) is 0 Å². The summed E-state index contributed by atoms with van der Waals surface area (Å²) in [6.45, 7) is 2.70. The second-order valence-corrected chi connectivity index (χ2v) is 5.44. The quantitative estimate of drug-likeness (QED) is 0.492. The highest BCUT2D eigenvalue weighted by Gasteiger charge is 2.35. The van der Waals surface area contributed by atoms with Crippen LogP contribution in [0, 0.1) is 21.8 Å². The van der Waals surface area contributed by atoms with Gasteiger partial charge in [-0.3, -0.25) is 19.7 Å². The minimum atomic E-state index is -0.959. The molecule has 8 heteroatoms. The Kier molecular flexibility index (Phi) is 5.25. The molecule has 7 nitrogen and oxygen atoms in total. The van der Waals surface area contributed by atoms with Crippen LogP contribution >= 0.6 is 0 Å². The Labute approximate surface area is 132 Å². The molecule has 0 aromatic heterocycles. The lowest BCUT2D eigenvalue weighted by molar-refractivity contribution is -0.387. The standard InChI is InChI=1S/C15H18FN3O4/c1-2-3-6-17-15(21)10-7-14(20)18(9-10)11-4-5-12(16)13(8-11)19(22)23/h4-5,8,10H,2-3,6-7,9H2,1H3,(H,17,21). The average molecular weight is 323 g/mol. The molecule has 0 bridgehead atoms. The number of nitrogens with zero attached hydrogens (tertiary/aromatic N) is 2. The summed E-state index contributed by atoms with van der Waals surface area (Å²) in [5, 5.41) is 13.6. The summed E-state index contributed by atoms with van der Waals surface area (Å²) in [6.07, 6.45) is 1.86. The number of carbonyl (C=O) groups is 2. The van der Waals surface area contributed by atoms with E-state index in [2.05, 4.69) is 5.32 Å². The molecule has 1 unspecified atom stereocenters. The molecule has 1 atom stereocenters. The number of rotatable bonds is 6. The van der Waals surface area contributed by atoms with Gasteiger partial charge in [-0.1, -0.05) is 13.3 Å². The first-order chi connectivity index (χ1) is 10.9. The van der Waals surface area contributed by atoms with Crippen molar-refractivity contribution in [1.29, 1.82) is 0 Å². The van der Waals surface area contributed by atoms with Crippen LogP contribution in [0.5, 0.6) is 0 Å². The highest BCUT2D eigenvalue weighted by molar-refractivity contribution is 6.00. The van der Waals surface area contributed by atoms with Crippen molar-refractivity contribution in [3.63, 3.8) is 0 Å². The summed E-state index contributed by atoms with van der Waals surface area (Å²) in [6, 6.07) is 3.28. The van der Waals surface area contributed by atoms with Crippen molar-refractivity contribution in [2.45, 2.75) is 26.2 Å². The number of nitro benzene ring substituents is 1. The summed E-state index contributed by atoms with van der Waals surface area (Å²) >= 11 is 0. The van der Waals surface area contributed by atoms with Gasteiger partial charge in [0.25, 0.3) is 0 Å². The molecule has 2 amide bonds. The zero-order valence-corrected chi connectivity index (χ0v) is 12.8. The molecule has 0 spiro atoms. The van der Waals surface area contributed by atoms with Gasteiger partial charge in [0.1, 0.15) is 0 Å². The Bertz CT molecular complexity index is 635. The zero-order chi connectivity index (χ0) is 17.0. The number of carbonyl (C=O) groups excluding carboxylic acids is 2. The smallest absolute Gasteiger partial charge is 0.306 e. The van der Waals surface area contributed by atoms with Crippen molar-refractivity contribution < 1.29 is 18.9 Å². The Morgan fingerprint density at radius 3 is 2.91 bits per heavy atom. The van der Waals surface area contributed by atoms with Gasteiger partial charge in [-0.25, -0.2) is 0 Å². The number of amides is 2. The van der Waals surface area contributed by atoms with Gasteiger partial charge >= 0.3 is 5.69 Å². The molecule has 0 aliphatic carbocycles. The lowest BCUT2D eigenvalue weighted by Gasteiger charge is -2.16. The first-order valence-corrected chi connectivity index (χ1v) is 7.46. The van der Waals surface area contributed by atoms with E-state index in [-0.39, 0.29) is 30.5 Å². The molecule has 124 valence electrons. The molecule has 1 aliphatic rings. The summed E-state index contributed by atoms with van der Waals surface area (Å²) in [5.41, 5.74) is -0.460. The first kappa shape index (κ1) is 16.9. The van der Waals surface area contributed by atoms with Gasteiger partial charge in [-0.15, -0.1) is 0 Å². The first-order valence-electron chi connectivity index (χ1n) is 7.46. The fourth-order valence-corrected chi connectivity index (χ4v) is 2.47. The molecular weight excluding hydrogens is 305 g/mol. The van der Waals surface area contributed by atoms with Crippen LogP contribution in [-0.2, 0) is 9.59 Å². The predicted molar refractivity (Wildman–Crippen MR) is 81.4 cm³/mol. The van der Waals surface area contributed by atoms with Gasteiger partial charge < -0.3 is 10.2 Å². The Morgan fingerprint density at radius 2 is 2.26 bits per heavy atom. The van der Waals surface area contributed by atoms with Crippen LogP contribution in [0.25, 0.3) is 0 Å². The number of hydrogen-bond acceptors (Lipinski definition) is 4. The highest BCUT2D eigenvalue weighted by atomic mass is 19.1. The summed E-state index contributed by atoms with van der Waals surface area (Å²) in [5.74, 6) is -1.96. The predicted octanol–water partition coefficient (Wildman–Crippen LogP) is 2.00. The van der Waals surface area contributed by atoms with Gasteiger partial charge in [0.15, 0.2) is 0 Å². The molecular formula is C15H18FN3O4. The van der Waals surface area contributed by atoms with Crippen molar-refractivity contribution in [3.8, 4) is 0 Å². The van der Waals surface area contributed by atoms with E-state index in [9.17, 15) is 24.1 Å². The lowest BCUT2D eigenvalue weighted by Crippen LogP contribution is -2.33. The fraction of sp³-hybridized carbons (Fsp3) is 0.467. The number of halogens is 1. The van der Waals surface area contributed by atoms with E-state index in [0.717, 1.165) is 25.0 Å². The van der Waals surface area contributed by atoms with Crippen molar-refractivity contribution in [2.24, 2.45) is 5.92 Å². The Hall–Kier alpha value is -2.51. The third-order valence-corrected chi connectivity index (χ3v) is 3.76. The van der Waals surface area contributed by atoms with Crippen LogP contribution in [0.3, 0.4) is 0 Å². The van der Waals surface area contributed by atoms with Crippen molar-refractivity contribution in [1.82, 2.24) is 5.32 Å². The Morgan fingerprint density at radius 1 is 1.52 bits per heavy atom. The second-order valence-electron chi connectivity index (χ2n) is 5.44. The van der Waals surface area contributed by atoms with Crippen molar-refractivity contribution >= 4 is 23.2 Å². The van der Waals surface area contributed by atoms with E-state index >= 15 is 0 Å². The van der Waals surface area contributed by atoms with Crippen LogP contribution in [0.4, 0.5) is 15.8 Å². The number of nitro groups is 1. The minimum Gasteiger partial charge on any atom is -0.356 e. The topological polar surface area (TPSA) is 92.6 Å². The third-order valence-electron chi connectivity index (χ3n) is 3.76. The average Bonchev–Trinajstić information content (AvgIpc) is 2.89. The SMILES string of the molecule is CCCCNC(=O)C1CC(=O)N(c2ccc(F)c([N+](=O)[O-])c2)C1. The molecule has 1 saturated heterocycles. The number of anilines is 1. The summed E-state index contributed by atoms with van der Waals surface area (Å²) < 4.78 is 13.4. The van der Waals surface area contributed by atoms with Crippen molar-refractivity contribution in [2.75, 3.05) is 18.0 Å². The zero-order valence-electron chi connectivity index (χ0n) is 12.8. The van der Waals surface area contributed by atoms with Gasteiger partial charge in [0, 0.05) is 25.6 Å². The maximum Gasteiger partial charge on any atom is 0.306 e. The number of unbranched alkanes of at least 4 members (excludes halogenated alkanes) is 1. The van der Waals surface area contributed by atoms with E-state index in [1.165, 1.54) is 11.0 Å². The van der Waals surface area contributed by atoms with Crippen LogP contribution in [0.2, 0.25) is 0 Å². The molecule has 1 N–H and O–H groups in total. The number of hydrogen-bond donors (Lipinski definition) is 1. The Balaban J connectivity index is 2.10. The lowest BCUT2D eigenvalue weighted by atomic mass is 10.1. The molecule has 1 heterocycles. The minimum absolute atomic E-state index is 0.0448. The van der Waals surface area contributed by atoms with Gasteiger partial charge in [0.2, 0.25) is 17.6 Å². The van der Waals surface area contributed by atoms with Crippen LogP contribution in [0.15, 0.2) is 18.2 Å². The fourth-order valence-electron chi connectivity index (χ4n) is 2.47. The molecule has 2 rings (SSSR count). The maximum absolute atomic E-state index is 13.4. The van der Waals surface area contributed by atoms with Gasteiger partial charge in [0.05, 0.1) is 16.5 Å². The molecule has 1 aromatic carbocycles. The monoisotopic (exact) mass is 323 g/mol. The highest BCUT2D eigenvalue weighted by Crippen LogP contribution is 2.29. The van der Waals surface area contributed by atoms with E-state index in [1.807, 2.05) is 6.92 Å². The van der Waals surface area contributed by atoms with E-state index < -0.39 is 22.3 Å². The van der Waals surface area contributed by atoms with Gasteiger partial charge in [-0.2, -0.15) is 4.39 Å². The summed E-state index contributed by atoms with van der Waals surface area (Å²) in [7, 11) is 0. The van der Waals surface area contributed by atoms with E-state index in [0.29, 0.717) is 6.54 Å². The normalized spacial score (nSPS) is 17.4. The maximum atomic E-state index is 13.4. The molecule has 1 aromatic rings.